The zero-order chi connectivity index (χ0) is 11.4. The molecule has 0 aliphatic heterocycles. The molecule has 0 fully saturated rings. The van der Waals surface area contributed by atoms with Crippen molar-refractivity contribution in [1.29, 1.82) is 0 Å². The molecule has 0 radical (unpaired) electrons. The number of hydrogen-bond donors (Lipinski definition) is 2. The van der Waals surface area contributed by atoms with E-state index >= 15 is 0 Å². The molecular weight excluding hydrogens is 215 g/mol. The monoisotopic (exact) mass is 228 g/mol. The summed E-state index contributed by atoms with van der Waals surface area (Å²) in [5, 5.41) is 0.106. The lowest BCUT2D eigenvalue weighted by Gasteiger charge is -2.13. The summed E-state index contributed by atoms with van der Waals surface area (Å²) in [6, 6.07) is 4.42. The van der Waals surface area contributed by atoms with Gasteiger partial charge in [-0.15, -0.1) is 0 Å². The molecule has 82 valence electrons. The van der Waals surface area contributed by atoms with Crippen LogP contribution in [-0.4, -0.2) is 0 Å². The molecule has 1 aromatic rings. The van der Waals surface area contributed by atoms with Gasteiger partial charge in [0.2, 0.25) is 0 Å². The second kappa shape index (κ2) is 5.26. The summed E-state index contributed by atoms with van der Waals surface area (Å²) in [4.78, 5) is 0. The summed E-state index contributed by atoms with van der Waals surface area (Å²) in [5.41, 5.74) is 4.60. The smallest absolute Gasteiger partial charge is 0.141 e. The highest BCUT2D eigenvalue weighted by Gasteiger charge is 2.08. The topological polar surface area (TPSA) is 38.0 Å². The molecule has 0 amide bonds. The van der Waals surface area contributed by atoms with Crippen LogP contribution in [0.2, 0.25) is 5.02 Å². The van der Waals surface area contributed by atoms with Crippen molar-refractivity contribution in [2.45, 2.75) is 19.9 Å². The number of nitrogens with one attached hydrogen (secondary N) is 1. The third-order valence-corrected chi connectivity index (χ3v) is 2.27. The maximum absolute atomic E-state index is 12.9. The Morgan fingerprint density at radius 3 is 2.67 bits per heavy atom. The fourth-order valence-corrected chi connectivity index (χ4v) is 1.47. The predicted octanol–water partition coefficient (Wildman–Crippen LogP) is 2.95. The van der Waals surface area contributed by atoms with Crippen molar-refractivity contribution < 1.29 is 4.39 Å². The van der Waals surface area contributed by atoms with Crippen molar-refractivity contribution in [2.75, 3.05) is 0 Å². The van der Waals surface area contributed by atoms with E-state index in [2.05, 4.69) is 5.43 Å². The Morgan fingerprint density at radius 2 is 2.20 bits per heavy atom. The van der Waals surface area contributed by atoms with E-state index in [9.17, 15) is 4.39 Å². The van der Waals surface area contributed by atoms with Crippen LogP contribution in [0.4, 0.5) is 4.39 Å². The molecule has 1 rings (SSSR count). The van der Waals surface area contributed by atoms with Gasteiger partial charge in [0.1, 0.15) is 5.82 Å². The van der Waals surface area contributed by atoms with Crippen molar-refractivity contribution in [3.63, 3.8) is 0 Å². The second-order valence-corrected chi connectivity index (χ2v) is 3.97. The molecule has 0 spiro atoms. The van der Waals surface area contributed by atoms with Crippen LogP contribution in [0.15, 0.2) is 29.8 Å². The maximum atomic E-state index is 12.9. The Labute approximate surface area is 93.9 Å². The molecule has 1 atom stereocenters. The SMILES string of the molecule is CC(C)=CC(NN)c1ccc(F)c(Cl)c1. The van der Waals surface area contributed by atoms with E-state index in [1.54, 1.807) is 12.1 Å². The van der Waals surface area contributed by atoms with Crippen LogP contribution in [0.5, 0.6) is 0 Å². The Kier molecular flexibility index (Phi) is 4.27. The van der Waals surface area contributed by atoms with E-state index in [4.69, 9.17) is 17.4 Å². The highest BCUT2D eigenvalue weighted by atomic mass is 35.5. The third kappa shape index (κ3) is 3.30. The Morgan fingerprint density at radius 1 is 1.53 bits per heavy atom. The molecule has 0 aliphatic rings. The fraction of sp³-hybridized carbons (Fsp3) is 0.273. The normalized spacial score (nSPS) is 12.3. The quantitative estimate of drug-likeness (QED) is 0.474. The average molecular weight is 229 g/mol. The van der Waals surface area contributed by atoms with Crippen LogP contribution < -0.4 is 11.3 Å². The van der Waals surface area contributed by atoms with Gasteiger partial charge in [-0.3, -0.25) is 5.84 Å². The molecular formula is C11H14ClFN2. The maximum Gasteiger partial charge on any atom is 0.141 e. The molecule has 4 heteroatoms. The minimum atomic E-state index is -0.423. The van der Waals surface area contributed by atoms with E-state index < -0.39 is 5.82 Å². The number of allylic oxidation sites excluding steroid dienone is 1. The zero-order valence-electron chi connectivity index (χ0n) is 8.72. The van der Waals surface area contributed by atoms with E-state index in [0.717, 1.165) is 11.1 Å². The molecule has 0 bridgehead atoms. The molecule has 2 nitrogen and oxygen atoms in total. The lowest BCUT2D eigenvalue weighted by molar-refractivity contribution is 0.620. The summed E-state index contributed by atoms with van der Waals surface area (Å²) < 4.78 is 12.9. The van der Waals surface area contributed by atoms with Crippen LogP contribution in [0.1, 0.15) is 25.5 Å². The highest BCUT2D eigenvalue weighted by Crippen LogP contribution is 2.21. The van der Waals surface area contributed by atoms with Gasteiger partial charge in [0.25, 0.3) is 0 Å². The Hall–Kier alpha value is -0.900. The van der Waals surface area contributed by atoms with Gasteiger partial charge >= 0.3 is 0 Å². The summed E-state index contributed by atoms with van der Waals surface area (Å²) >= 11 is 5.69. The van der Waals surface area contributed by atoms with Crippen molar-refractivity contribution in [1.82, 2.24) is 5.43 Å². The van der Waals surface area contributed by atoms with E-state index in [0.29, 0.717) is 0 Å². The van der Waals surface area contributed by atoms with Gasteiger partial charge in [0.15, 0.2) is 0 Å². The average Bonchev–Trinajstić information content (AvgIpc) is 2.18. The van der Waals surface area contributed by atoms with Gasteiger partial charge in [0.05, 0.1) is 11.1 Å². The van der Waals surface area contributed by atoms with Crippen molar-refractivity contribution >= 4 is 11.6 Å². The predicted molar refractivity (Wildman–Crippen MR) is 60.9 cm³/mol. The van der Waals surface area contributed by atoms with Gasteiger partial charge < -0.3 is 0 Å². The van der Waals surface area contributed by atoms with Crippen LogP contribution in [0.25, 0.3) is 0 Å². The second-order valence-electron chi connectivity index (χ2n) is 3.56. The first-order valence-corrected chi connectivity index (χ1v) is 4.98. The molecule has 0 aromatic heterocycles. The first-order valence-electron chi connectivity index (χ1n) is 4.60. The summed E-state index contributed by atoms with van der Waals surface area (Å²) in [6.45, 7) is 3.94. The lowest BCUT2D eigenvalue weighted by atomic mass is 10.1. The first-order chi connectivity index (χ1) is 7.04. The summed E-state index contributed by atoms with van der Waals surface area (Å²) in [6.07, 6.45) is 1.95. The number of hydrogen-bond acceptors (Lipinski definition) is 2. The molecule has 0 aliphatic carbocycles. The minimum Gasteiger partial charge on any atom is -0.271 e. The first kappa shape index (κ1) is 12.2. The number of hydrazine groups is 1. The molecule has 1 unspecified atom stereocenters. The zero-order valence-corrected chi connectivity index (χ0v) is 9.48. The summed E-state index contributed by atoms with van der Waals surface area (Å²) in [7, 11) is 0. The van der Waals surface area contributed by atoms with Gasteiger partial charge in [-0.25, -0.2) is 9.82 Å². The lowest BCUT2D eigenvalue weighted by Crippen LogP contribution is -2.26. The van der Waals surface area contributed by atoms with Gasteiger partial charge in [-0.2, -0.15) is 0 Å². The van der Waals surface area contributed by atoms with Crippen molar-refractivity contribution in [2.24, 2.45) is 5.84 Å². The molecule has 1 aromatic carbocycles. The van der Waals surface area contributed by atoms with Crippen LogP contribution >= 0.6 is 11.6 Å². The van der Waals surface area contributed by atoms with Gasteiger partial charge in [-0.05, 0) is 31.5 Å². The van der Waals surface area contributed by atoms with Crippen molar-refractivity contribution in [3.05, 3.63) is 46.3 Å². The molecule has 3 N–H and O–H groups in total. The standard InChI is InChI=1S/C11H14ClFN2/c1-7(2)5-11(15-14)8-3-4-10(13)9(12)6-8/h3-6,11,15H,14H2,1-2H3. The van der Waals surface area contributed by atoms with E-state index in [1.165, 1.54) is 6.07 Å². The molecule has 0 saturated heterocycles. The van der Waals surface area contributed by atoms with E-state index in [-0.39, 0.29) is 11.1 Å². The largest absolute Gasteiger partial charge is 0.271 e. The van der Waals surface area contributed by atoms with Gasteiger partial charge in [-0.1, -0.05) is 29.3 Å². The molecule has 0 heterocycles. The molecule has 0 saturated carbocycles. The van der Waals surface area contributed by atoms with Gasteiger partial charge in [0, 0.05) is 0 Å². The third-order valence-electron chi connectivity index (χ3n) is 1.98. The number of halogens is 2. The van der Waals surface area contributed by atoms with Crippen molar-refractivity contribution in [3.8, 4) is 0 Å². The fourth-order valence-electron chi connectivity index (χ4n) is 1.28. The Bertz CT molecular complexity index is 373. The van der Waals surface area contributed by atoms with E-state index in [1.807, 2.05) is 19.9 Å². The molecule has 15 heavy (non-hydrogen) atoms. The van der Waals surface area contributed by atoms with Crippen LogP contribution in [0.3, 0.4) is 0 Å². The number of benzene rings is 1. The summed E-state index contributed by atoms with van der Waals surface area (Å²) in [5.74, 6) is 4.99. The number of nitrogens with two attached hydrogens (primary N) is 1. The van der Waals surface area contributed by atoms with Crippen LogP contribution in [-0.2, 0) is 0 Å². The number of rotatable bonds is 3. The Balaban J connectivity index is 3.03. The van der Waals surface area contributed by atoms with Crippen LogP contribution in [0, 0.1) is 5.82 Å². The highest BCUT2D eigenvalue weighted by molar-refractivity contribution is 6.30. The minimum absolute atomic E-state index is 0.106.